The van der Waals surface area contributed by atoms with Gasteiger partial charge in [0.05, 0.1) is 6.04 Å². The maximum Gasteiger partial charge on any atom is 0.312 e. The number of hydrogen-bond donors (Lipinski definition) is 5. The molecule has 0 radical (unpaired) electrons. The highest BCUT2D eigenvalue weighted by Crippen LogP contribution is 2.10. The average molecular weight is 523 g/mol. The standard InChI is InChI=1S/C25H42N6O6/c1-17(2)23(35)18(10-8-15-28-25(27)37)30-24(36)19(9-5-6-14-26)29-20(32)11-4-3-7-16-31-21(33)12-13-22(31)34/h12-13,17-19H,3-11,14-16,26H2,1-2H3,(H,29,32)(H,30,36)(H3,27,28,37)/t18-,19-/m0/s1. The summed E-state index contributed by atoms with van der Waals surface area (Å²) in [7, 11) is 0. The third-order valence-corrected chi connectivity index (χ3v) is 5.98. The zero-order valence-corrected chi connectivity index (χ0v) is 21.9. The highest BCUT2D eigenvalue weighted by Gasteiger charge is 2.27. The zero-order chi connectivity index (χ0) is 27.8. The molecule has 0 aromatic carbocycles. The molecule has 2 atom stereocenters. The Morgan fingerprint density at radius 1 is 0.865 bits per heavy atom. The van der Waals surface area contributed by atoms with Crippen LogP contribution in [0.2, 0.25) is 0 Å². The van der Waals surface area contributed by atoms with Crippen molar-refractivity contribution in [2.45, 2.75) is 83.7 Å². The molecule has 1 aliphatic heterocycles. The van der Waals surface area contributed by atoms with Gasteiger partial charge in [0.1, 0.15) is 6.04 Å². The molecule has 0 aromatic heterocycles. The van der Waals surface area contributed by atoms with Crippen LogP contribution < -0.4 is 27.4 Å². The number of amides is 6. The van der Waals surface area contributed by atoms with E-state index in [4.69, 9.17) is 11.5 Å². The van der Waals surface area contributed by atoms with Gasteiger partial charge in [0, 0.05) is 37.6 Å². The van der Waals surface area contributed by atoms with E-state index in [-0.39, 0.29) is 42.4 Å². The summed E-state index contributed by atoms with van der Waals surface area (Å²) in [5, 5.41) is 8.01. The van der Waals surface area contributed by atoms with Gasteiger partial charge in [-0.05, 0) is 51.5 Å². The van der Waals surface area contributed by atoms with Crippen molar-refractivity contribution in [1.82, 2.24) is 20.9 Å². The minimum Gasteiger partial charge on any atom is -0.352 e. The molecule has 0 unspecified atom stereocenters. The second-order valence-electron chi connectivity index (χ2n) is 9.43. The number of carbonyl (C=O) groups is 6. The topological polar surface area (TPSA) is 194 Å². The van der Waals surface area contributed by atoms with Crippen LogP contribution >= 0.6 is 0 Å². The Kier molecular flexibility index (Phi) is 14.8. The first kappa shape index (κ1) is 31.7. The van der Waals surface area contributed by atoms with E-state index >= 15 is 0 Å². The maximum atomic E-state index is 13.1. The van der Waals surface area contributed by atoms with Crippen LogP contribution in [0.5, 0.6) is 0 Å². The summed E-state index contributed by atoms with van der Waals surface area (Å²) < 4.78 is 0. The number of urea groups is 1. The van der Waals surface area contributed by atoms with E-state index in [1.807, 2.05) is 0 Å². The Balaban J connectivity index is 2.60. The van der Waals surface area contributed by atoms with Gasteiger partial charge in [-0.25, -0.2) is 4.79 Å². The van der Waals surface area contributed by atoms with Gasteiger partial charge >= 0.3 is 6.03 Å². The van der Waals surface area contributed by atoms with E-state index < -0.39 is 24.0 Å². The molecule has 208 valence electrons. The van der Waals surface area contributed by atoms with Crippen molar-refractivity contribution in [3.8, 4) is 0 Å². The molecular weight excluding hydrogens is 480 g/mol. The molecule has 6 amide bonds. The van der Waals surface area contributed by atoms with Crippen LogP contribution in [0.15, 0.2) is 12.2 Å². The Labute approximate surface area is 218 Å². The number of nitrogens with two attached hydrogens (primary N) is 2. The predicted octanol–water partition coefficient (Wildman–Crippen LogP) is 0.244. The highest BCUT2D eigenvalue weighted by atomic mass is 16.2. The molecule has 37 heavy (non-hydrogen) atoms. The lowest BCUT2D eigenvalue weighted by molar-refractivity contribution is -0.137. The van der Waals surface area contributed by atoms with Crippen LogP contribution in [-0.4, -0.2) is 72.1 Å². The average Bonchev–Trinajstić information content (AvgIpc) is 3.16. The number of nitrogens with one attached hydrogen (secondary N) is 3. The molecular formula is C25H42N6O6. The molecule has 0 spiro atoms. The largest absolute Gasteiger partial charge is 0.352 e. The van der Waals surface area contributed by atoms with Crippen molar-refractivity contribution >= 4 is 35.4 Å². The van der Waals surface area contributed by atoms with E-state index in [2.05, 4.69) is 16.0 Å². The summed E-state index contributed by atoms with van der Waals surface area (Å²) >= 11 is 0. The monoisotopic (exact) mass is 522 g/mol. The summed E-state index contributed by atoms with van der Waals surface area (Å²) in [6.45, 7) is 4.53. The molecule has 0 aliphatic carbocycles. The van der Waals surface area contributed by atoms with E-state index in [1.165, 1.54) is 12.2 Å². The summed E-state index contributed by atoms with van der Waals surface area (Å²) in [5.41, 5.74) is 10.6. The van der Waals surface area contributed by atoms with Gasteiger partial charge in [0.15, 0.2) is 5.78 Å². The van der Waals surface area contributed by atoms with Crippen LogP contribution in [0.1, 0.15) is 71.6 Å². The first-order chi connectivity index (χ1) is 17.6. The van der Waals surface area contributed by atoms with E-state index in [0.29, 0.717) is 64.5 Å². The molecule has 0 bridgehead atoms. The number of carbonyl (C=O) groups excluding carboxylic acids is 6. The van der Waals surface area contributed by atoms with E-state index in [1.54, 1.807) is 13.8 Å². The smallest absolute Gasteiger partial charge is 0.312 e. The number of ketones is 1. The molecule has 12 heteroatoms. The number of unbranched alkanes of at least 4 members (excludes halogenated alkanes) is 3. The van der Waals surface area contributed by atoms with Gasteiger partial charge in [-0.1, -0.05) is 20.3 Å². The predicted molar refractivity (Wildman–Crippen MR) is 138 cm³/mol. The fraction of sp³-hybridized carbons (Fsp3) is 0.680. The number of hydrogen-bond acceptors (Lipinski definition) is 7. The summed E-state index contributed by atoms with van der Waals surface area (Å²) in [4.78, 5) is 73.5. The van der Waals surface area contributed by atoms with Gasteiger partial charge in [0.25, 0.3) is 11.8 Å². The highest BCUT2D eigenvalue weighted by molar-refractivity contribution is 6.12. The van der Waals surface area contributed by atoms with Crippen LogP contribution in [0.4, 0.5) is 4.79 Å². The fourth-order valence-electron chi connectivity index (χ4n) is 3.89. The van der Waals surface area contributed by atoms with Gasteiger partial charge in [-0.2, -0.15) is 0 Å². The Morgan fingerprint density at radius 2 is 1.51 bits per heavy atom. The fourth-order valence-corrected chi connectivity index (χ4v) is 3.89. The van der Waals surface area contributed by atoms with Crippen molar-refractivity contribution in [2.75, 3.05) is 19.6 Å². The molecule has 1 heterocycles. The van der Waals surface area contributed by atoms with Crippen LogP contribution in [0.3, 0.4) is 0 Å². The number of rotatable bonds is 19. The third-order valence-electron chi connectivity index (χ3n) is 5.98. The lowest BCUT2D eigenvalue weighted by Crippen LogP contribution is -2.52. The third kappa shape index (κ3) is 12.5. The van der Waals surface area contributed by atoms with Gasteiger partial charge < -0.3 is 27.4 Å². The lowest BCUT2D eigenvalue weighted by atomic mass is 9.97. The second kappa shape index (κ2) is 17.2. The first-order valence-electron chi connectivity index (χ1n) is 13.0. The van der Waals surface area contributed by atoms with Gasteiger partial charge in [-0.15, -0.1) is 0 Å². The zero-order valence-electron chi connectivity index (χ0n) is 21.9. The molecule has 1 rings (SSSR count). The number of Topliss-reactive ketones (excluding diaryl/α,β-unsaturated/α-hetero) is 1. The normalized spacial score (nSPS) is 14.5. The van der Waals surface area contributed by atoms with Crippen molar-refractivity contribution in [3.63, 3.8) is 0 Å². The van der Waals surface area contributed by atoms with Crippen LogP contribution in [-0.2, 0) is 24.0 Å². The van der Waals surface area contributed by atoms with Gasteiger partial charge in [0.2, 0.25) is 11.8 Å². The molecule has 12 nitrogen and oxygen atoms in total. The lowest BCUT2D eigenvalue weighted by Gasteiger charge is -2.24. The second-order valence-corrected chi connectivity index (χ2v) is 9.43. The summed E-state index contributed by atoms with van der Waals surface area (Å²) in [6.07, 6.45) is 6.89. The van der Waals surface area contributed by atoms with E-state index in [0.717, 1.165) is 4.90 Å². The molecule has 7 N–H and O–H groups in total. The van der Waals surface area contributed by atoms with Gasteiger partial charge in [-0.3, -0.25) is 28.9 Å². The molecule has 0 saturated carbocycles. The van der Waals surface area contributed by atoms with Crippen LogP contribution in [0, 0.1) is 5.92 Å². The molecule has 0 fully saturated rings. The van der Waals surface area contributed by atoms with E-state index in [9.17, 15) is 28.8 Å². The molecule has 1 aliphatic rings. The molecule has 0 saturated heterocycles. The maximum absolute atomic E-state index is 13.1. The number of imide groups is 1. The van der Waals surface area contributed by atoms with Crippen molar-refractivity contribution in [2.24, 2.45) is 17.4 Å². The Bertz CT molecular complexity index is 826. The van der Waals surface area contributed by atoms with Crippen LogP contribution in [0.25, 0.3) is 0 Å². The summed E-state index contributed by atoms with van der Waals surface area (Å²) in [6, 6.07) is -2.22. The summed E-state index contributed by atoms with van der Waals surface area (Å²) in [5.74, 6) is -1.82. The van der Waals surface area contributed by atoms with Crippen molar-refractivity contribution in [1.29, 1.82) is 0 Å². The quantitative estimate of drug-likeness (QED) is 0.118. The Hall–Kier alpha value is -3.28. The van der Waals surface area contributed by atoms with Crippen molar-refractivity contribution in [3.05, 3.63) is 12.2 Å². The minimum atomic E-state index is -0.809. The Morgan fingerprint density at radius 3 is 2.11 bits per heavy atom. The van der Waals surface area contributed by atoms with Crippen molar-refractivity contribution < 1.29 is 28.8 Å². The number of nitrogens with zero attached hydrogens (tertiary/aromatic N) is 1. The SMILES string of the molecule is CC(C)C(=O)[C@H](CCCNC(N)=O)NC(=O)[C@H](CCCCN)NC(=O)CCCCCN1C(=O)C=CC1=O. The minimum absolute atomic E-state index is 0.135. The first-order valence-corrected chi connectivity index (χ1v) is 13.0. The number of primary amides is 1. The molecule has 0 aromatic rings.